The van der Waals surface area contributed by atoms with E-state index in [2.05, 4.69) is 4.72 Å². The van der Waals surface area contributed by atoms with Gasteiger partial charge in [-0.15, -0.1) is 12.4 Å². The van der Waals surface area contributed by atoms with Crippen molar-refractivity contribution in [1.82, 2.24) is 4.72 Å². The lowest BCUT2D eigenvalue weighted by Gasteiger charge is -2.15. The topological polar surface area (TPSA) is 81.4 Å². The summed E-state index contributed by atoms with van der Waals surface area (Å²) in [5.74, 6) is 0.695. The van der Waals surface area contributed by atoms with Crippen molar-refractivity contribution in [1.29, 1.82) is 0 Å². The summed E-state index contributed by atoms with van der Waals surface area (Å²) in [6.45, 7) is 7.65. The van der Waals surface area contributed by atoms with E-state index in [-0.39, 0.29) is 36.0 Å². The number of hydrogen-bond donors (Lipinski definition) is 2. The summed E-state index contributed by atoms with van der Waals surface area (Å²) < 4.78 is 32.3. The lowest BCUT2D eigenvalue weighted by molar-refractivity contribution is 0.240. The van der Waals surface area contributed by atoms with Crippen LogP contribution in [0.5, 0.6) is 5.75 Å². The Morgan fingerprint density at radius 1 is 1.30 bits per heavy atom. The van der Waals surface area contributed by atoms with E-state index in [4.69, 9.17) is 10.5 Å². The molecule has 0 saturated heterocycles. The number of halogens is 1. The highest BCUT2D eigenvalue weighted by molar-refractivity contribution is 7.89. The summed E-state index contributed by atoms with van der Waals surface area (Å²) in [5, 5.41) is 0. The molecule has 3 N–H and O–H groups in total. The number of aryl methyl sites for hydroxylation is 1. The van der Waals surface area contributed by atoms with Crippen LogP contribution in [0, 0.1) is 6.92 Å². The monoisotopic (exact) mass is 322 g/mol. The van der Waals surface area contributed by atoms with Gasteiger partial charge in [0.15, 0.2) is 0 Å². The lowest BCUT2D eigenvalue weighted by atomic mass is 10.2. The number of nitrogens with two attached hydrogens (primary N) is 1. The quantitative estimate of drug-likeness (QED) is 0.837. The molecule has 1 rings (SSSR count). The van der Waals surface area contributed by atoms with Gasteiger partial charge >= 0.3 is 0 Å². The fraction of sp³-hybridized carbons (Fsp3) is 0.538. The molecule has 5 nitrogen and oxygen atoms in total. The SMILES string of the molecule is Cc1cc(S(=O)(=O)N[C@@H](C)CN)ccc1OC(C)C.Cl. The Kier molecular flexibility index (Phi) is 7.51. The first kappa shape index (κ1) is 19.2. The highest BCUT2D eigenvalue weighted by Gasteiger charge is 2.17. The van der Waals surface area contributed by atoms with E-state index in [9.17, 15) is 8.42 Å². The molecule has 1 aromatic rings. The van der Waals surface area contributed by atoms with Gasteiger partial charge in [0.05, 0.1) is 11.0 Å². The molecule has 0 amide bonds. The second-order valence-corrected chi connectivity index (χ2v) is 6.57. The zero-order valence-corrected chi connectivity index (χ0v) is 13.8. The Balaban J connectivity index is 0.00000361. The van der Waals surface area contributed by atoms with Crippen molar-refractivity contribution < 1.29 is 13.2 Å². The second-order valence-electron chi connectivity index (χ2n) is 4.85. The minimum absolute atomic E-state index is 0. The van der Waals surface area contributed by atoms with Crippen molar-refractivity contribution in [3.05, 3.63) is 23.8 Å². The smallest absolute Gasteiger partial charge is 0.240 e. The number of sulfonamides is 1. The molecule has 0 unspecified atom stereocenters. The number of hydrogen-bond acceptors (Lipinski definition) is 4. The Bertz CT molecular complexity index is 532. The number of rotatable bonds is 6. The first-order chi connectivity index (χ1) is 8.76. The van der Waals surface area contributed by atoms with Gasteiger partial charge in [-0.3, -0.25) is 0 Å². The van der Waals surface area contributed by atoms with Crippen molar-refractivity contribution in [3.63, 3.8) is 0 Å². The van der Waals surface area contributed by atoms with Crippen LogP contribution in [-0.4, -0.2) is 27.1 Å². The summed E-state index contributed by atoms with van der Waals surface area (Å²) in [4.78, 5) is 0.224. The number of ether oxygens (including phenoxy) is 1. The normalized spacial score (nSPS) is 12.9. The molecule has 1 aromatic carbocycles. The maximum atomic E-state index is 12.1. The molecular weight excluding hydrogens is 300 g/mol. The molecule has 116 valence electrons. The summed E-state index contributed by atoms with van der Waals surface area (Å²) >= 11 is 0. The summed E-state index contributed by atoms with van der Waals surface area (Å²) in [7, 11) is -3.52. The summed E-state index contributed by atoms with van der Waals surface area (Å²) in [6.07, 6.45) is 0.0524. The maximum Gasteiger partial charge on any atom is 0.240 e. The van der Waals surface area contributed by atoms with Crippen molar-refractivity contribution >= 4 is 22.4 Å². The standard InChI is InChI=1S/C13H22N2O3S.ClH/c1-9(2)18-13-6-5-12(7-10(13)3)19(16,17)15-11(4)8-14;/h5-7,9,11,15H,8,14H2,1-4H3;1H/t11-;/m0./s1. The summed E-state index contributed by atoms with van der Waals surface area (Å²) in [5.41, 5.74) is 6.21. The molecule has 0 aliphatic rings. The fourth-order valence-corrected chi connectivity index (χ4v) is 2.90. The van der Waals surface area contributed by atoms with Crippen LogP contribution >= 0.6 is 12.4 Å². The van der Waals surface area contributed by atoms with E-state index in [1.807, 2.05) is 20.8 Å². The highest BCUT2D eigenvalue weighted by Crippen LogP contribution is 2.22. The average molecular weight is 323 g/mol. The third kappa shape index (κ3) is 5.28. The predicted molar refractivity (Wildman–Crippen MR) is 83.0 cm³/mol. The zero-order chi connectivity index (χ0) is 14.6. The van der Waals surface area contributed by atoms with Gasteiger partial charge in [-0.1, -0.05) is 0 Å². The van der Waals surface area contributed by atoms with E-state index in [0.717, 1.165) is 5.56 Å². The molecule has 0 aliphatic heterocycles. The van der Waals surface area contributed by atoms with Gasteiger partial charge in [-0.25, -0.2) is 13.1 Å². The highest BCUT2D eigenvalue weighted by atomic mass is 35.5. The van der Waals surface area contributed by atoms with E-state index < -0.39 is 10.0 Å². The van der Waals surface area contributed by atoms with Crippen LogP contribution in [0.15, 0.2) is 23.1 Å². The maximum absolute atomic E-state index is 12.1. The van der Waals surface area contributed by atoms with Crippen LogP contribution in [-0.2, 0) is 10.0 Å². The van der Waals surface area contributed by atoms with Crippen LogP contribution in [0.25, 0.3) is 0 Å². The van der Waals surface area contributed by atoms with Crippen molar-refractivity contribution in [3.8, 4) is 5.75 Å². The van der Waals surface area contributed by atoms with Gasteiger partial charge in [0.2, 0.25) is 10.0 Å². The van der Waals surface area contributed by atoms with Crippen molar-refractivity contribution in [2.45, 2.75) is 44.7 Å². The fourth-order valence-electron chi connectivity index (χ4n) is 1.56. The van der Waals surface area contributed by atoms with E-state index in [0.29, 0.717) is 5.75 Å². The van der Waals surface area contributed by atoms with E-state index in [1.54, 1.807) is 19.1 Å². The van der Waals surface area contributed by atoms with Crippen LogP contribution in [0.1, 0.15) is 26.3 Å². The molecule has 0 saturated carbocycles. The molecule has 1 atom stereocenters. The van der Waals surface area contributed by atoms with Gasteiger partial charge in [-0.2, -0.15) is 0 Å². The Hall–Kier alpha value is -0.820. The minimum Gasteiger partial charge on any atom is -0.491 e. The number of benzene rings is 1. The molecule has 0 aliphatic carbocycles. The van der Waals surface area contributed by atoms with Crippen molar-refractivity contribution in [2.24, 2.45) is 5.73 Å². The largest absolute Gasteiger partial charge is 0.491 e. The van der Waals surface area contributed by atoms with Gasteiger partial charge in [-0.05, 0) is 51.5 Å². The predicted octanol–water partition coefficient (Wildman–Crippen LogP) is 1.83. The van der Waals surface area contributed by atoms with Crippen molar-refractivity contribution in [2.75, 3.05) is 6.54 Å². The summed E-state index contributed by atoms with van der Waals surface area (Å²) in [6, 6.07) is 4.52. The van der Waals surface area contributed by atoms with Gasteiger partial charge in [0.1, 0.15) is 5.75 Å². The minimum atomic E-state index is -3.52. The lowest BCUT2D eigenvalue weighted by Crippen LogP contribution is -2.37. The molecule has 0 heterocycles. The number of nitrogens with one attached hydrogen (secondary N) is 1. The molecule has 0 aromatic heterocycles. The zero-order valence-electron chi connectivity index (χ0n) is 12.2. The van der Waals surface area contributed by atoms with Crippen LogP contribution < -0.4 is 15.2 Å². The molecule has 0 bridgehead atoms. The first-order valence-corrected chi connectivity index (χ1v) is 7.74. The molecule has 20 heavy (non-hydrogen) atoms. The van der Waals surface area contributed by atoms with Crippen LogP contribution in [0.3, 0.4) is 0 Å². The van der Waals surface area contributed by atoms with Gasteiger partial charge in [0, 0.05) is 12.6 Å². The Labute approximate surface area is 127 Å². The van der Waals surface area contributed by atoms with Gasteiger partial charge < -0.3 is 10.5 Å². The van der Waals surface area contributed by atoms with Crippen LogP contribution in [0.2, 0.25) is 0 Å². The molecule has 7 heteroatoms. The molecule has 0 radical (unpaired) electrons. The first-order valence-electron chi connectivity index (χ1n) is 6.26. The Morgan fingerprint density at radius 3 is 2.35 bits per heavy atom. The third-order valence-corrected chi connectivity index (χ3v) is 4.12. The molecule has 0 spiro atoms. The Morgan fingerprint density at radius 2 is 1.90 bits per heavy atom. The van der Waals surface area contributed by atoms with Crippen LogP contribution in [0.4, 0.5) is 0 Å². The van der Waals surface area contributed by atoms with E-state index >= 15 is 0 Å². The average Bonchev–Trinajstić information content (AvgIpc) is 2.30. The molecule has 0 fully saturated rings. The third-order valence-electron chi connectivity index (χ3n) is 2.53. The molecular formula is C13H23ClN2O3S. The van der Waals surface area contributed by atoms with Gasteiger partial charge in [0.25, 0.3) is 0 Å². The van der Waals surface area contributed by atoms with E-state index in [1.165, 1.54) is 6.07 Å². The second kappa shape index (κ2) is 7.83.